The van der Waals surface area contributed by atoms with Gasteiger partial charge >= 0.3 is 0 Å². The van der Waals surface area contributed by atoms with Crippen LogP contribution in [-0.2, 0) is 13.5 Å². The van der Waals surface area contributed by atoms with Gasteiger partial charge in [0.1, 0.15) is 16.4 Å². The SMILES string of the molecule is CC(C)Oc1cc(Oc2nc3c(s2)C(=O)N(C)CC(C)(C)C3)cc(C(=O)Nc2ccn(C)n2)c1. The summed E-state index contributed by atoms with van der Waals surface area (Å²) in [7, 11) is 3.58. The van der Waals surface area contributed by atoms with Crippen molar-refractivity contribution in [3.63, 3.8) is 0 Å². The van der Waals surface area contributed by atoms with Crippen LogP contribution in [-0.4, -0.2) is 51.2 Å². The summed E-state index contributed by atoms with van der Waals surface area (Å²) in [6.45, 7) is 8.70. The molecule has 0 unspecified atom stereocenters. The molecule has 0 aliphatic carbocycles. The van der Waals surface area contributed by atoms with Gasteiger partial charge in [0.25, 0.3) is 17.0 Å². The van der Waals surface area contributed by atoms with E-state index in [0.717, 1.165) is 5.69 Å². The van der Waals surface area contributed by atoms with Crippen LogP contribution in [0.3, 0.4) is 0 Å². The molecule has 34 heavy (non-hydrogen) atoms. The van der Waals surface area contributed by atoms with Crippen molar-refractivity contribution >= 4 is 29.0 Å². The highest BCUT2D eigenvalue weighted by Gasteiger charge is 2.33. The van der Waals surface area contributed by atoms with E-state index in [1.54, 1.807) is 54.1 Å². The van der Waals surface area contributed by atoms with Crippen LogP contribution in [0.2, 0.25) is 0 Å². The van der Waals surface area contributed by atoms with Crippen LogP contribution >= 0.6 is 11.3 Å². The summed E-state index contributed by atoms with van der Waals surface area (Å²) in [6.07, 6.45) is 2.33. The van der Waals surface area contributed by atoms with Crippen molar-refractivity contribution in [3.05, 3.63) is 46.6 Å². The fourth-order valence-electron chi connectivity index (χ4n) is 3.93. The number of carbonyl (C=O) groups excluding carboxylic acids is 2. The summed E-state index contributed by atoms with van der Waals surface area (Å²) in [6, 6.07) is 6.70. The van der Waals surface area contributed by atoms with Gasteiger partial charge in [-0.1, -0.05) is 25.2 Å². The molecule has 1 aliphatic rings. The van der Waals surface area contributed by atoms with Gasteiger partial charge in [0, 0.05) is 44.5 Å². The second kappa shape index (κ2) is 9.09. The summed E-state index contributed by atoms with van der Waals surface area (Å²) in [5.41, 5.74) is 0.999. The monoisotopic (exact) mass is 483 g/mol. The van der Waals surface area contributed by atoms with Crippen LogP contribution in [0.1, 0.15) is 53.4 Å². The number of nitrogens with one attached hydrogen (secondary N) is 1. The first-order valence-electron chi connectivity index (χ1n) is 11.0. The molecule has 0 bridgehead atoms. The van der Waals surface area contributed by atoms with Gasteiger partial charge in [0.2, 0.25) is 0 Å². The van der Waals surface area contributed by atoms with Crippen molar-refractivity contribution in [3.8, 4) is 16.7 Å². The number of anilines is 1. The maximum absolute atomic E-state index is 12.9. The standard InChI is InChI=1S/C24H29N5O4S/c1-14(2)32-16-9-15(21(30)26-19-7-8-29(6)27-19)10-17(11-16)33-23-25-18-12-24(3,4)13-28(5)22(31)20(18)34-23/h7-11,14H,12-13H2,1-6H3,(H,26,27,30). The normalized spacial score (nSPS) is 15.1. The minimum Gasteiger partial charge on any atom is -0.491 e. The van der Waals surface area contributed by atoms with Crippen LogP contribution in [0.4, 0.5) is 5.82 Å². The Kier molecular flexibility index (Phi) is 6.35. The topological polar surface area (TPSA) is 98.6 Å². The summed E-state index contributed by atoms with van der Waals surface area (Å²) in [4.78, 5) is 32.7. The number of nitrogens with zero attached hydrogens (tertiary/aromatic N) is 4. The number of benzene rings is 1. The van der Waals surface area contributed by atoms with Gasteiger partial charge < -0.3 is 19.7 Å². The smallest absolute Gasteiger partial charge is 0.279 e. The lowest BCUT2D eigenvalue weighted by Gasteiger charge is -2.26. The van der Waals surface area contributed by atoms with Crippen LogP contribution < -0.4 is 14.8 Å². The molecular weight excluding hydrogens is 454 g/mol. The Bertz CT molecular complexity index is 1230. The van der Waals surface area contributed by atoms with Gasteiger partial charge in [-0.15, -0.1) is 0 Å². The second-order valence-corrected chi connectivity index (χ2v) is 10.5. The van der Waals surface area contributed by atoms with Crippen molar-refractivity contribution in [1.82, 2.24) is 19.7 Å². The summed E-state index contributed by atoms with van der Waals surface area (Å²) >= 11 is 1.22. The van der Waals surface area contributed by atoms with E-state index in [9.17, 15) is 9.59 Å². The van der Waals surface area contributed by atoms with E-state index in [4.69, 9.17) is 9.47 Å². The van der Waals surface area contributed by atoms with Crippen LogP contribution in [0, 0.1) is 5.41 Å². The molecule has 4 rings (SSSR count). The number of aryl methyl sites for hydroxylation is 1. The molecule has 180 valence electrons. The zero-order valence-corrected chi connectivity index (χ0v) is 21.0. The molecule has 3 aromatic rings. The molecule has 2 aromatic heterocycles. The average molecular weight is 484 g/mol. The predicted molar refractivity (Wildman–Crippen MR) is 130 cm³/mol. The van der Waals surface area contributed by atoms with Crippen molar-refractivity contribution < 1.29 is 19.1 Å². The lowest BCUT2D eigenvalue weighted by atomic mass is 9.88. The molecule has 1 aromatic carbocycles. The molecule has 10 heteroatoms. The lowest BCUT2D eigenvalue weighted by molar-refractivity contribution is 0.0757. The van der Waals surface area contributed by atoms with E-state index >= 15 is 0 Å². The summed E-state index contributed by atoms with van der Waals surface area (Å²) in [5, 5.41) is 7.31. The third-order valence-corrected chi connectivity index (χ3v) is 6.17. The second-order valence-electron chi connectivity index (χ2n) is 9.55. The molecule has 0 atom stereocenters. The zero-order chi connectivity index (χ0) is 24.6. The van der Waals surface area contributed by atoms with Gasteiger partial charge in [0.15, 0.2) is 5.82 Å². The Labute approximate surface area is 202 Å². The third-order valence-electron chi connectivity index (χ3n) is 5.20. The molecule has 1 aliphatic heterocycles. The Hall–Kier alpha value is -3.40. The van der Waals surface area contributed by atoms with Crippen molar-refractivity contribution in [1.29, 1.82) is 0 Å². The number of ether oxygens (including phenoxy) is 2. The number of rotatable bonds is 6. The van der Waals surface area contributed by atoms with E-state index in [2.05, 4.69) is 29.2 Å². The number of amides is 2. The molecule has 9 nitrogen and oxygen atoms in total. The number of carbonyl (C=O) groups is 2. The van der Waals surface area contributed by atoms with E-state index in [1.165, 1.54) is 11.3 Å². The number of aromatic nitrogens is 3. The first kappa shape index (κ1) is 23.7. The van der Waals surface area contributed by atoms with Crippen LogP contribution in [0.5, 0.6) is 16.7 Å². The minimum atomic E-state index is -0.341. The number of thiazole rings is 1. The number of hydrogen-bond donors (Lipinski definition) is 1. The third kappa shape index (κ3) is 5.39. The van der Waals surface area contributed by atoms with Gasteiger partial charge in [-0.2, -0.15) is 5.10 Å². The van der Waals surface area contributed by atoms with E-state index < -0.39 is 0 Å². The largest absolute Gasteiger partial charge is 0.491 e. The molecule has 0 saturated heterocycles. The highest BCUT2D eigenvalue weighted by molar-refractivity contribution is 7.15. The number of fused-ring (bicyclic) bond motifs is 1. The Morgan fingerprint density at radius 3 is 2.62 bits per heavy atom. The molecule has 3 heterocycles. The van der Waals surface area contributed by atoms with Gasteiger partial charge in [0.05, 0.1) is 11.8 Å². The minimum absolute atomic E-state index is 0.0553. The molecule has 2 amide bonds. The van der Waals surface area contributed by atoms with Crippen molar-refractivity contribution in [2.75, 3.05) is 18.9 Å². The molecule has 0 radical (unpaired) electrons. The maximum atomic E-state index is 12.9. The Balaban J connectivity index is 1.63. The van der Waals surface area contributed by atoms with E-state index in [-0.39, 0.29) is 23.3 Å². The fraction of sp³-hybridized carbons (Fsp3) is 0.417. The Morgan fingerprint density at radius 2 is 1.94 bits per heavy atom. The van der Waals surface area contributed by atoms with Crippen molar-refractivity contribution in [2.45, 2.75) is 40.2 Å². The quantitative estimate of drug-likeness (QED) is 0.559. The highest BCUT2D eigenvalue weighted by Crippen LogP contribution is 2.37. The average Bonchev–Trinajstić information content (AvgIpc) is 3.29. The van der Waals surface area contributed by atoms with Gasteiger partial charge in [-0.25, -0.2) is 4.98 Å². The molecule has 0 saturated carbocycles. The highest BCUT2D eigenvalue weighted by atomic mass is 32.1. The maximum Gasteiger partial charge on any atom is 0.279 e. The van der Waals surface area contributed by atoms with E-state index in [0.29, 0.717) is 45.9 Å². The lowest BCUT2D eigenvalue weighted by Crippen LogP contribution is -2.33. The Morgan fingerprint density at radius 1 is 1.21 bits per heavy atom. The zero-order valence-electron chi connectivity index (χ0n) is 20.2. The summed E-state index contributed by atoms with van der Waals surface area (Å²) in [5.74, 6) is 0.938. The molecule has 0 spiro atoms. The fourth-order valence-corrected chi connectivity index (χ4v) is 4.88. The van der Waals surface area contributed by atoms with Crippen LogP contribution in [0.15, 0.2) is 30.5 Å². The van der Waals surface area contributed by atoms with Crippen LogP contribution in [0.25, 0.3) is 0 Å². The first-order chi connectivity index (χ1) is 16.0. The van der Waals surface area contributed by atoms with Gasteiger partial charge in [-0.3, -0.25) is 14.3 Å². The van der Waals surface area contributed by atoms with E-state index in [1.807, 2.05) is 13.8 Å². The molecular formula is C24H29N5O4S. The molecule has 0 fully saturated rings. The number of hydrogen-bond acceptors (Lipinski definition) is 7. The van der Waals surface area contributed by atoms with Crippen molar-refractivity contribution in [2.24, 2.45) is 12.5 Å². The van der Waals surface area contributed by atoms with Gasteiger partial charge in [-0.05, 0) is 37.8 Å². The predicted octanol–water partition coefficient (Wildman–Crippen LogP) is 4.36. The molecule has 1 N–H and O–H groups in total. The summed E-state index contributed by atoms with van der Waals surface area (Å²) < 4.78 is 13.5. The first-order valence-corrected chi connectivity index (χ1v) is 11.9.